The van der Waals surface area contributed by atoms with Crippen molar-refractivity contribution >= 4 is 28.6 Å². The minimum Gasteiger partial charge on any atom is -0.505 e. The summed E-state index contributed by atoms with van der Waals surface area (Å²) in [5.74, 6) is 1.54. The first-order valence-electron chi connectivity index (χ1n) is 10.6. The molecule has 0 radical (unpaired) electrons. The maximum atomic E-state index is 12.2. The summed E-state index contributed by atoms with van der Waals surface area (Å²) in [4.78, 5) is 27.6. The highest BCUT2D eigenvalue weighted by Crippen LogP contribution is 2.28. The molecule has 1 saturated carbocycles. The predicted molar refractivity (Wildman–Crippen MR) is 121 cm³/mol. The standard InChI is InChI=1S/C23H28N6O2/c1-29(2)21-17-6-3-4-7-18(17)27-23(28-21)26-16-11-9-15(10-12-16)14-25-22(31)20-19(30)8-5-13-24-20/h3-8,13,15-16,30H,9-12,14H2,1-2H3,(H,25,31)(H,26,27,28)/t15-,16+. The van der Waals surface area contributed by atoms with E-state index in [0.29, 0.717) is 24.5 Å². The summed E-state index contributed by atoms with van der Waals surface area (Å²) in [6.07, 6.45) is 5.48. The molecule has 0 bridgehead atoms. The summed E-state index contributed by atoms with van der Waals surface area (Å²) >= 11 is 0. The second-order valence-electron chi connectivity index (χ2n) is 8.23. The third kappa shape index (κ3) is 4.84. The average Bonchev–Trinajstić information content (AvgIpc) is 2.78. The molecular formula is C23H28N6O2. The number of rotatable bonds is 6. The largest absolute Gasteiger partial charge is 0.505 e. The summed E-state index contributed by atoms with van der Waals surface area (Å²) in [5, 5.41) is 17.2. The van der Waals surface area contributed by atoms with Crippen LogP contribution in [-0.2, 0) is 0 Å². The van der Waals surface area contributed by atoms with Crippen LogP contribution >= 0.6 is 0 Å². The Kier molecular flexibility index (Phi) is 6.16. The van der Waals surface area contributed by atoms with Crippen LogP contribution in [0.4, 0.5) is 11.8 Å². The van der Waals surface area contributed by atoms with Crippen LogP contribution in [0.25, 0.3) is 10.9 Å². The van der Waals surface area contributed by atoms with Gasteiger partial charge in [0.25, 0.3) is 5.91 Å². The van der Waals surface area contributed by atoms with Crippen molar-refractivity contribution in [2.24, 2.45) is 5.92 Å². The van der Waals surface area contributed by atoms with E-state index in [1.165, 1.54) is 12.3 Å². The van der Waals surface area contributed by atoms with Gasteiger partial charge in [-0.3, -0.25) is 4.79 Å². The number of aromatic nitrogens is 3. The lowest BCUT2D eigenvalue weighted by Crippen LogP contribution is -2.34. The first-order chi connectivity index (χ1) is 15.0. The number of anilines is 2. The van der Waals surface area contributed by atoms with Crippen molar-refractivity contribution in [2.75, 3.05) is 30.9 Å². The molecule has 4 rings (SSSR count). The number of para-hydroxylation sites is 1. The number of hydrogen-bond acceptors (Lipinski definition) is 7. The Morgan fingerprint density at radius 2 is 1.87 bits per heavy atom. The van der Waals surface area contributed by atoms with Gasteiger partial charge < -0.3 is 20.6 Å². The number of nitrogens with one attached hydrogen (secondary N) is 2. The number of nitrogens with zero attached hydrogens (tertiary/aromatic N) is 4. The van der Waals surface area contributed by atoms with Crippen LogP contribution < -0.4 is 15.5 Å². The van der Waals surface area contributed by atoms with Gasteiger partial charge >= 0.3 is 0 Å². The third-order valence-corrected chi connectivity index (χ3v) is 5.74. The molecule has 0 saturated heterocycles. The molecule has 3 aromatic rings. The fourth-order valence-electron chi connectivity index (χ4n) is 4.05. The molecule has 1 amide bonds. The summed E-state index contributed by atoms with van der Waals surface area (Å²) in [5.41, 5.74) is 1.00. The minimum absolute atomic E-state index is 0.0722. The van der Waals surface area contributed by atoms with Crippen LogP contribution in [0.2, 0.25) is 0 Å². The van der Waals surface area contributed by atoms with Gasteiger partial charge in [-0.2, -0.15) is 4.98 Å². The molecule has 1 aliphatic carbocycles. The Hall–Kier alpha value is -3.42. The predicted octanol–water partition coefficient (Wildman–Crippen LogP) is 3.20. The second kappa shape index (κ2) is 9.16. The van der Waals surface area contributed by atoms with Crippen molar-refractivity contribution in [2.45, 2.75) is 31.7 Å². The van der Waals surface area contributed by atoms with Crippen LogP contribution in [0, 0.1) is 5.92 Å². The van der Waals surface area contributed by atoms with E-state index in [1.807, 2.05) is 43.3 Å². The lowest BCUT2D eigenvalue weighted by molar-refractivity contribution is 0.0935. The van der Waals surface area contributed by atoms with Gasteiger partial charge in [0.1, 0.15) is 11.6 Å². The molecule has 162 valence electrons. The van der Waals surface area contributed by atoms with Crippen LogP contribution in [0.5, 0.6) is 5.75 Å². The number of fused-ring (bicyclic) bond motifs is 1. The molecule has 1 aliphatic rings. The van der Waals surface area contributed by atoms with E-state index in [4.69, 9.17) is 9.97 Å². The van der Waals surface area contributed by atoms with E-state index in [0.717, 1.165) is 42.4 Å². The van der Waals surface area contributed by atoms with E-state index in [1.54, 1.807) is 6.07 Å². The van der Waals surface area contributed by atoms with Gasteiger partial charge in [0.15, 0.2) is 5.69 Å². The molecule has 0 spiro atoms. The first kappa shape index (κ1) is 20.8. The summed E-state index contributed by atoms with van der Waals surface area (Å²) in [7, 11) is 3.98. The Labute approximate surface area is 181 Å². The van der Waals surface area contributed by atoms with E-state index in [2.05, 4.69) is 15.6 Å². The molecule has 0 aliphatic heterocycles. The van der Waals surface area contributed by atoms with Crippen molar-refractivity contribution in [3.63, 3.8) is 0 Å². The third-order valence-electron chi connectivity index (χ3n) is 5.74. The van der Waals surface area contributed by atoms with E-state index >= 15 is 0 Å². The van der Waals surface area contributed by atoms with Crippen molar-refractivity contribution in [3.05, 3.63) is 48.3 Å². The zero-order valence-electron chi connectivity index (χ0n) is 17.9. The Bertz CT molecular complexity index is 1060. The number of carbonyl (C=O) groups excluding carboxylic acids is 1. The average molecular weight is 421 g/mol. The molecule has 1 fully saturated rings. The van der Waals surface area contributed by atoms with Gasteiger partial charge in [0, 0.05) is 38.3 Å². The fourth-order valence-corrected chi connectivity index (χ4v) is 4.05. The molecule has 0 unspecified atom stereocenters. The molecule has 3 N–H and O–H groups in total. The highest BCUT2D eigenvalue weighted by Gasteiger charge is 2.23. The molecule has 31 heavy (non-hydrogen) atoms. The lowest BCUT2D eigenvalue weighted by Gasteiger charge is -2.29. The molecule has 8 nitrogen and oxygen atoms in total. The quantitative estimate of drug-likeness (QED) is 0.563. The number of carbonyl (C=O) groups is 1. The molecule has 0 atom stereocenters. The van der Waals surface area contributed by atoms with Crippen molar-refractivity contribution in [3.8, 4) is 5.75 Å². The van der Waals surface area contributed by atoms with E-state index < -0.39 is 0 Å². The number of amides is 1. The van der Waals surface area contributed by atoms with Crippen LogP contribution in [0.3, 0.4) is 0 Å². The highest BCUT2D eigenvalue weighted by atomic mass is 16.3. The molecular weight excluding hydrogens is 392 g/mol. The Morgan fingerprint density at radius 1 is 1.10 bits per heavy atom. The van der Waals surface area contributed by atoms with Crippen LogP contribution in [-0.4, -0.2) is 52.6 Å². The van der Waals surface area contributed by atoms with Gasteiger partial charge in [0.2, 0.25) is 5.95 Å². The maximum Gasteiger partial charge on any atom is 0.273 e. The zero-order chi connectivity index (χ0) is 21.8. The molecule has 1 aromatic carbocycles. The highest BCUT2D eigenvalue weighted by molar-refractivity contribution is 5.94. The number of hydrogen-bond donors (Lipinski definition) is 3. The zero-order valence-corrected chi connectivity index (χ0v) is 17.9. The molecule has 2 aromatic heterocycles. The normalized spacial score (nSPS) is 18.5. The second-order valence-corrected chi connectivity index (χ2v) is 8.23. The first-order valence-corrected chi connectivity index (χ1v) is 10.6. The van der Waals surface area contributed by atoms with Gasteiger partial charge in [0.05, 0.1) is 5.52 Å². The topological polar surface area (TPSA) is 103 Å². The van der Waals surface area contributed by atoms with Gasteiger partial charge in [-0.05, 0) is 55.9 Å². The Balaban J connectivity index is 1.32. The number of aromatic hydroxyl groups is 1. The smallest absolute Gasteiger partial charge is 0.273 e. The molecule has 8 heteroatoms. The van der Waals surface area contributed by atoms with Crippen molar-refractivity contribution < 1.29 is 9.90 Å². The minimum atomic E-state index is -0.334. The maximum absolute atomic E-state index is 12.2. The number of benzene rings is 1. The number of pyridine rings is 1. The van der Waals surface area contributed by atoms with E-state index in [9.17, 15) is 9.90 Å². The Morgan fingerprint density at radius 3 is 2.61 bits per heavy atom. The van der Waals surface area contributed by atoms with Gasteiger partial charge in [-0.15, -0.1) is 0 Å². The lowest BCUT2D eigenvalue weighted by atomic mass is 9.86. The summed E-state index contributed by atoms with van der Waals surface area (Å²) < 4.78 is 0. The summed E-state index contributed by atoms with van der Waals surface area (Å²) in [6.45, 7) is 0.582. The van der Waals surface area contributed by atoms with Crippen LogP contribution in [0.1, 0.15) is 36.2 Å². The SMILES string of the molecule is CN(C)c1nc(N[C@H]2CC[C@@H](CNC(=O)c3ncccc3O)CC2)nc2ccccc12. The van der Waals surface area contributed by atoms with Gasteiger partial charge in [-0.25, -0.2) is 9.97 Å². The monoisotopic (exact) mass is 420 g/mol. The van der Waals surface area contributed by atoms with Crippen molar-refractivity contribution in [1.82, 2.24) is 20.3 Å². The van der Waals surface area contributed by atoms with Crippen LogP contribution in [0.15, 0.2) is 42.6 Å². The fraction of sp³-hybridized carbons (Fsp3) is 0.391. The van der Waals surface area contributed by atoms with E-state index in [-0.39, 0.29) is 17.4 Å². The van der Waals surface area contributed by atoms with Gasteiger partial charge in [-0.1, -0.05) is 12.1 Å². The summed E-state index contributed by atoms with van der Waals surface area (Å²) in [6, 6.07) is 11.4. The van der Waals surface area contributed by atoms with Crippen molar-refractivity contribution in [1.29, 1.82) is 0 Å². The molecule has 2 heterocycles.